The molecule has 0 bridgehead atoms. The molecular formula is C17H21ClN2. The van der Waals surface area contributed by atoms with E-state index in [1.54, 1.807) is 6.20 Å². The Balaban J connectivity index is 2.28. The van der Waals surface area contributed by atoms with E-state index >= 15 is 0 Å². The molecule has 3 heteroatoms. The second-order valence-corrected chi connectivity index (χ2v) is 5.52. The summed E-state index contributed by atoms with van der Waals surface area (Å²) in [4.78, 5) is 4.46. The molecule has 0 fully saturated rings. The number of likely N-dealkylation sites (N-methyl/N-ethyl adjacent to an activating group) is 1. The van der Waals surface area contributed by atoms with Crippen LogP contribution in [0.5, 0.6) is 0 Å². The summed E-state index contributed by atoms with van der Waals surface area (Å²) in [6.45, 7) is 7.37. The monoisotopic (exact) mass is 288 g/mol. The van der Waals surface area contributed by atoms with Gasteiger partial charge in [0.1, 0.15) is 0 Å². The SMILES string of the molecule is CCNC(Cc1c(C)cccc1C)c1ccc(Cl)cn1. The van der Waals surface area contributed by atoms with E-state index in [-0.39, 0.29) is 6.04 Å². The number of pyridine rings is 1. The molecule has 1 atom stereocenters. The van der Waals surface area contributed by atoms with Crippen LogP contribution in [-0.2, 0) is 6.42 Å². The number of nitrogens with zero attached hydrogens (tertiary/aromatic N) is 1. The van der Waals surface area contributed by atoms with Crippen molar-refractivity contribution in [3.8, 4) is 0 Å². The summed E-state index contributed by atoms with van der Waals surface area (Å²) < 4.78 is 0. The molecule has 0 saturated heterocycles. The van der Waals surface area contributed by atoms with E-state index in [1.807, 2.05) is 12.1 Å². The van der Waals surface area contributed by atoms with Crippen molar-refractivity contribution < 1.29 is 0 Å². The molecule has 106 valence electrons. The minimum Gasteiger partial charge on any atom is -0.309 e. The fourth-order valence-corrected chi connectivity index (χ4v) is 2.61. The smallest absolute Gasteiger partial charge is 0.0589 e. The standard InChI is InChI=1S/C17H21ClN2/c1-4-19-17(16-9-8-14(18)11-20-16)10-15-12(2)6-5-7-13(15)3/h5-9,11,17,19H,4,10H2,1-3H3. The minimum absolute atomic E-state index is 0.220. The van der Waals surface area contributed by atoms with Gasteiger partial charge in [0, 0.05) is 6.20 Å². The first-order chi connectivity index (χ1) is 9.61. The molecule has 0 amide bonds. The van der Waals surface area contributed by atoms with Crippen molar-refractivity contribution in [2.24, 2.45) is 0 Å². The summed E-state index contributed by atoms with van der Waals surface area (Å²) in [7, 11) is 0. The van der Waals surface area contributed by atoms with Gasteiger partial charge in [-0.2, -0.15) is 0 Å². The number of aromatic nitrogens is 1. The zero-order chi connectivity index (χ0) is 14.5. The fourth-order valence-electron chi connectivity index (χ4n) is 2.50. The Morgan fingerprint density at radius 3 is 2.40 bits per heavy atom. The third-order valence-electron chi connectivity index (χ3n) is 3.61. The topological polar surface area (TPSA) is 24.9 Å². The molecule has 2 aromatic rings. The number of nitrogens with one attached hydrogen (secondary N) is 1. The highest BCUT2D eigenvalue weighted by atomic mass is 35.5. The Morgan fingerprint density at radius 2 is 1.85 bits per heavy atom. The molecule has 0 aliphatic carbocycles. The van der Waals surface area contributed by atoms with Crippen LogP contribution in [0.3, 0.4) is 0 Å². The van der Waals surface area contributed by atoms with E-state index in [0.29, 0.717) is 5.02 Å². The summed E-state index contributed by atoms with van der Waals surface area (Å²) in [6.07, 6.45) is 2.66. The molecule has 0 radical (unpaired) electrons. The van der Waals surface area contributed by atoms with Crippen molar-refractivity contribution in [3.05, 3.63) is 63.9 Å². The van der Waals surface area contributed by atoms with Gasteiger partial charge in [-0.05, 0) is 55.6 Å². The number of halogens is 1. The van der Waals surface area contributed by atoms with E-state index in [0.717, 1.165) is 18.7 Å². The van der Waals surface area contributed by atoms with Crippen LogP contribution in [0.15, 0.2) is 36.5 Å². The summed E-state index contributed by atoms with van der Waals surface area (Å²) in [5.74, 6) is 0. The lowest BCUT2D eigenvalue weighted by Gasteiger charge is -2.20. The van der Waals surface area contributed by atoms with Gasteiger partial charge in [-0.15, -0.1) is 0 Å². The van der Waals surface area contributed by atoms with E-state index in [9.17, 15) is 0 Å². The maximum atomic E-state index is 5.92. The Morgan fingerprint density at radius 1 is 1.15 bits per heavy atom. The average Bonchev–Trinajstić information content (AvgIpc) is 2.43. The number of aryl methyl sites for hydroxylation is 2. The molecule has 0 saturated carbocycles. The first-order valence-electron chi connectivity index (χ1n) is 7.01. The van der Waals surface area contributed by atoms with Crippen molar-refractivity contribution in [2.45, 2.75) is 33.2 Å². The van der Waals surface area contributed by atoms with E-state index in [2.05, 4.69) is 49.3 Å². The highest BCUT2D eigenvalue weighted by Gasteiger charge is 2.15. The van der Waals surface area contributed by atoms with Crippen LogP contribution >= 0.6 is 11.6 Å². The van der Waals surface area contributed by atoms with Crippen LogP contribution in [-0.4, -0.2) is 11.5 Å². The first-order valence-corrected chi connectivity index (χ1v) is 7.39. The predicted molar refractivity (Wildman–Crippen MR) is 85.3 cm³/mol. The third kappa shape index (κ3) is 3.59. The molecule has 2 rings (SSSR count). The Labute approximate surface area is 126 Å². The molecule has 0 aliphatic heterocycles. The first kappa shape index (κ1) is 15.0. The number of rotatable bonds is 5. The van der Waals surface area contributed by atoms with Gasteiger partial charge >= 0.3 is 0 Å². The van der Waals surface area contributed by atoms with Crippen LogP contribution in [0.4, 0.5) is 0 Å². The van der Waals surface area contributed by atoms with Gasteiger partial charge in [-0.3, -0.25) is 4.98 Å². The quantitative estimate of drug-likeness (QED) is 0.890. The molecule has 0 aliphatic rings. The maximum absolute atomic E-state index is 5.92. The van der Waals surface area contributed by atoms with Crippen LogP contribution < -0.4 is 5.32 Å². The van der Waals surface area contributed by atoms with Crippen molar-refractivity contribution >= 4 is 11.6 Å². The van der Waals surface area contributed by atoms with E-state index < -0.39 is 0 Å². The average molecular weight is 289 g/mol. The Kier molecular flexibility index (Phi) is 5.16. The van der Waals surface area contributed by atoms with Gasteiger partial charge in [0.15, 0.2) is 0 Å². The summed E-state index contributed by atoms with van der Waals surface area (Å²) in [6, 6.07) is 10.6. The molecule has 0 spiro atoms. The van der Waals surface area contributed by atoms with E-state index in [1.165, 1.54) is 16.7 Å². The van der Waals surface area contributed by atoms with Crippen molar-refractivity contribution in [1.82, 2.24) is 10.3 Å². The van der Waals surface area contributed by atoms with Gasteiger partial charge in [0.2, 0.25) is 0 Å². The molecule has 1 N–H and O–H groups in total. The molecule has 2 nitrogen and oxygen atoms in total. The molecule has 20 heavy (non-hydrogen) atoms. The predicted octanol–water partition coefficient (Wildman–Crippen LogP) is 4.25. The lowest BCUT2D eigenvalue weighted by atomic mass is 9.95. The van der Waals surface area contributed by atoms with Crippen molar-refractivity contribution in [2.75, 3.05) is 6.54 Å². The second kappa shape index (κ2) is 6.87. The normalized spacial score (nSPS) is 12.4. The lowest BCUT2D eigenvalue weighted by Crippen LogP contribution is -2.24. The van der Waals surface area contributed by atoms with Crippen LogP contribution in [0, 0.1) is 13.8 Å². The number of hydrogen-bond acceptors (Lipinski definition) is 2. The molecule has 1 aromatic heterocycles. The molecular weight excluding hydrogens is 268 g/mol. The Hall–Kier alpha value is -1.38. The van der Waals surface area contributed by atoms with Gasteiger partial charge in [-0.1, -0.05) is 36.7 Å². The highest BCUT2D eigenvalue weighted by molar-refractivity contribution is 6.30. The van der Waals surface area contributed by atoms with Gasteiger partial charge in [-0.25, -0.2) is 0 Å². The molecule has 1 heterocycles. The van der Waals surface area contributed by atoms with Gasteiger partial charge < -0.3 is 5.32 Å². The van der Waals surface area contributed by atoms with Gasteiger partial charge in [0.25, 0.3) is 0 Å². The third-order valence-corrected chi connectivity index (χ3v) is 3.83. The zero-order valence-corrected chi connectivity index (χ0v) is 13.0. The van der Waals surface area contributed by atoms with Crippen molar-refractivity contribution in [1.29, 1.82) is 0 Å². The molecule has 1 aromatic carbocycles. The lowest BCUT2D eigenvalue weighted by molar-refractivity contribution is 0.535. The summed E-state index contributed by atoms with van der Waals surface area (Å²) in [5, 5.41) is 4.19. The number of benzene rings is 1. The largest absolute Gasteiger partial charge is 0.309 e. The molecule has 1 unspecified atom stereocenters. The summed E-state index contributed by atoms with van der Waals surface area (Å²) in [5.41, 5.74) is 5.11. The highest BCUT2D eigenvalue weighted by Crippen LogP contribution is 2.22. The minimum atomic E-state index is 0.220. The van der Waals surface area contributed by atoms with Crippen molar-refractivity contribution in [3.63, 3.8) is 0 Å². The van der Waals surface area contributed by atoms with E-state index in [4.69, 9.17) is 11.6 Å². The zero-order valence-electron chi connectivity index (χ0n) is 12.3. The van der Waals surface area contributed by atoms with Crippen LogP contribution in [0.25, 0.3) is 0 Å². The van der Waals surface area contributed by atoms with Gasteiger partial charge in [0.05, 0.1) is 16.8 Å². The Bertz CT molecular complexity index is 543. The van der Waals surface area contributed by atoms with Crippen LogP contribution in [0.2, 0.25) is 5.02 Å². The second-order valence-electron chi connectivity index (χ2n) is 5.09. The van der Waals surface area contributed by atoms with Crippen LogP contribution in [0.1, 0.15) is 35.3 Å². The number of hydrogen-bond donors (Lipinski definition) is 1. The summed E-state index contributed by atoms with van der Waals surface area (Å²) >= 11 is 5.92. The fraction of sp³-hybridized carbons (Fsp3) is 0.353. The maximum Gasteiger partial charge on any atom is 0.0589 e.